The molecule has 3 aliphatic heterocycles. The molecule has 3 aliphatic rings. The monoisotopic (exact) mass is 403 g/mol. The van der Waals surface area contributed by atoms with E-state index in [1.165, 1.54) is 5.56 Å². The maximum Gasteiger partial charge on any atom is 0.257 e. The molecule has 2 aromatic carbocycles. The fourth-order valence-electron chi connectivity index (χ4n) is 5.16. The Balaban J connectivity index is 1.32. The summed E-state index contributed by atoms with van der Waals surface area (Å²) in [5, 5.41) is 0. The van der Waals surface area contributed by atoms with Crippen LogP contribution in [0.1, 0.15) is 48.5 Å². The zero-order valence-corrected chi connectivity index (χ0v) is 17.1. The normalized spacial score (nSPS) is 22.2. The van der Waals surface area contributed by atoms with Gasteiger partial charge in [0.15, 0.2) is 0 Å². The van der Waals surface area contributed by atoms with Gasteiger partial charge in [-0.1, -0.05) is 30.3 Å². The summed E-state index contributed by atoms with van der Waals surface area (Å²) in [6, 6.07) is 15.3. The molecule has 0 aliphatic carbocycles. The largest absolute Gasteiger partial charge is 0.315 e. The molecule has 3 heterocycles. The van der Waals surface area contributed by atoms with Crippen LogP contribution in [0.25, 0.3) is 0 Å². The summed E-state index contributed by atoms with van der Waals surface area (Å²) in [7, 11) is 0. The second kappa shape index (κ2) is 6.97. The standard InChI is InChI=1S/C24H25N3O3/c1-24-14-12-22(29)27(24)20-10-5-3-8-18(20)23(30)26(24)15-6-11-21(28)25-16-13-17-7-2-4-9-19(17)25/h2-5,7-10H,6,11-16H2,1H3/t24-/m1/s1. The minimum Gasteiger partial charge on any atom is -0.315 e. The van der Waals surface area contributed by atoms with Crippen molar-refractivity contribution in [1.29, 1.82) is 0 Å². The van der Waals surface area contributed by atoms with Crippen LogP contribution in [0.15, 0.2) is 48.5 Å². The fraction of sp³-hybridized carbons (Fsp3) is 0.375. The first kappa shape index (κ1) is 18.9. The van der Waals surface area contributed by atoms with Crippen molar-refractivity contribution in [3.8, 4) is 0 Å². The summed E-state index contributed by atoms with van der Waals surface area (Å²) >= 11 is 0. The van der Waals surface area contributed by atoms with Gasteiger partial charge in [-0.05, 0) is 49.9 Å². The minimum atomic E-state index is -0.661. The van der Waals surface area contributed by atoms with Crippen molar-refractivity contribution < 1.29 is 14.4 Å². The quantitative estimate of drug-likeness (QED) is 0.787. The summed E-state index contributed by atoms with van der Waals surface area (Å²) in [5.74, 6) is 0.0829. The molecule has 3 amide bonds. The molecule has 0 aromatic heterocycles. The molecular weight excluding hydrogens is 378 g/mol. The Kier molecular flexibility index (Phi) is 4.38. The molecule has 6 heteroatoms. The van der Waals surface area contributed by atoms with E-state index in [-0.39, 0.29) is 17.7 Å². The van der Waals surface area contributed by atoms with Gasteiger partial charge in [-0.25, -0.2) is 0 Å². The lowest BCUT2D eigenvalue weighted by atomic mass is 9.98. The van der Waals surface area contributed by atoms with Crippen molar-refractivity contribution in [2.75, 3.05) is 22.9 Å². The molecule has 1 atom stereocenters. The van der Waals surface area contributed by atoms with Crippen LogP contribution in [-0.4, -0.2) is 41.4 Å². The van der Waals surface area contributed by atoms with E-state index in [4.69, 9.17) is 0 Å². The summed E-state index contributed by atoms with van der Waals surface area (Å²) in [6.45, 7) is 3.13. The molecule has 6 nitrogen and oxygen atoms in total. The van der Waals surface area contributed by atoms with E-state index in [0.29, 0.717) is 50.0 Å². The molecule has 0 N–H and O–H groups in total. The van der Waals surface area contributed by atoms with Gasteiger partial charge in [0.1, 0.15) is 5.66 Å². The van der Waals surface area contributed by atoms with E-state index in [1.54, 1.807) is 15.9 Å². The summed E-state index contributed by atoms with van der Waals surface area (Å²) in [6.07, 6.45) is 2.88. The van der Waals surface area contributed by atoms with Crippen LogP contribution in [0.2, 0.25) is 0 Å². The Morgan fingerprint density at radius 3 is 2.57 bits per heavy atom. The van der Waals surface area contributed by atoms with Crippen LogP contribution >= 0.6 is 0 Å². The number of fused-ring (bicyclic) bond motifs is 4. The summed E-state index contributed by atoms with van der Waals surface area (Å²) in [5.41, 5.74) is 2.82. The number of benzene rings is 2. The number of anilines is 2. The highest BCUT2D eigenvalue weighted by Crippen LogP contribution is 2.44. The third-order valence-electron chi connectivity index (χ3n) is 6.71. The van der Waals surface area contributed by atoms with Crippen molar-refractivity contribution in [2.24, 2.45) is 0 Å². The Morgan fingerprint density at radius 2 is 1.73 bits per heavy atom. The number of nitrogens with zero attached hydrogens (tertiary/aromatic N) is 3. The summed E-state index contributed by atoms with van der Waals surface area (Å²) in [4.78, 5) is 44.2. The zero-order valence-electron chi connectivity index (χ0n) is 17.1. The lowest BCUT2D eigenvalue weighted by molar-refractivity contribution is -0.119. The van der Waals surface area contributed by atoms with Crippen molar-refractivity contribution in [1.82, 2.24) is 4.90 Å². The lowest BCUT2D eigenvalue weighted by Gasteiger charge is -2.48. The predicted molar refractivity (Wildman–Crippen MR) is 114 cm³/mol. The molecular formula is C24H25N3O3. The smallest absolute Gasteiger partial charge is 0.257 e. The molecule has 1 fully saturated rings. The Morgan fingerprint density at radius 1 is 1.00 bits per heavy atom. The molecule has 0 spiro atoms. The van der Waals surface area contributed by atoms with Gasteiger partial charge < -0.3 is 9.80 Å². The number of hydrogen-bond donors (Lipinski definition) is 0. The SMILES string of the molecule is C[C@]12CCC(=O)N1c1ccccc1C(=O)N2CCCC(=O)N1CCc2ccccc21. The van der Waals surface area contributed by atoms with Crippen LogP contribution in [-0.2, 0) is 16.0 Å². The number of carbonyl (C=O) groups is 3. The zero-order chi connectivity index (χ0) is 20.9. The second-order valence-electron chi connectivity index (χ2n) is 8.45. The molecule has 30 heavy (non-hydrogen) atoms. The van der Waals surface area contributed by atoms with Gasteiger partial charge in [0, 0.05) is 31.6 Å². The van der Waals surface area contributed by atoms with Crippen molar-refractivity contribution in [3.63, 3.8) is 0 Å². The number of carbonyl (C=O) groups excluding carboxylic acids is 3. The minimum absolute atomic E-state index is 0.0483. The van der Waals surface area contributed by atoms with Gasteiger partial charge >= 0.3 is 0 Å². The average molecular weight is 403 g/mol. The Labute approximate surface area is 176 Å². The third kappa shape index (κ3) is 2.74. The first-order valence-corrected chi connectivity index (χ1v) is 10.6. The van der Waals surface area contributed by atoms with Crippen molar-refractivity contribution in [2.45, 2.75) is 44.7 Å². The number of amides is 3. The van der Waals surface area contributed by atoms with E-state index < -0.39 is 5.66 Å². The molecule has 0 saturated carbocycles. The Hall–Kier alpha value is -3.15. The highest BCUT2D eigenvalue weighted by Gasteiger charge is 2.52. The molecule has 1 saturated heterocycles. The van der Waals surface area contributed by atoms with Gasteiger partial charge in [0.05, 0.1) is 11.3 Å². The van der Waals surface area contributed by atoms with Crippen molar-refractivity contribution >= 4 is 29.1 Å². The van der Waals surface area contributed by atoms with E-state index in [0.717, 1.165) is 12.1 Å². The Bertz CT molecular complexity index is 1050. The van der Waals surface area contributed by atoms with Crippen LogP contribution in [0.5, 0.6) is 0 Å². The molecule has 0 radical (unpaired) electrons. The highest BCUT2D eigenvalue weighted by molar-refractivity contribution is 6.10. The lowest BCUT2D eigenvalue weighted by Crippen LogP contribution is -2.62. The molecule has 154 valence electrons. The van der Waals surface area contributed by atoms with E-state index in [2.05, 4.69) is 6.07 Å². The maximum atomic E-state index is 13.3. The van der Waals surface area contributed by atoms with Gasteiger partial charge in [-0.2, -0.15) is 0 Å². The van der Waals surface area contributed by atoms with E-state index >= 15 is 0 Å². The topological polar surface area (TPSA) is 60.9 Å². The fourth-order valence-corrected chi connectivity index (χ4v) is 5.16. The first-order valence-electron chi connectivity index (χ1n) is 10.6. The maximum absolute atomic E-state index is 13.3. The van der Waals surface area contributed by atoms with Crippen molar-refractivity contribution in [3.05, 3.63) is 59.7 Å². The van der Waals surface area contributed by atoms with Gasteiger partial charge in [-0.15, -0.1) is 0 Å². The number of rotatable bonds is 4. The molecule has 2 aromatic rings. The van der Waals surface area contributed by atoms with E-state index in [1.807, 2.05) is 48.2 Å². The molecule has 0 bridgehead atoms. The molecule has 5 rings (SSSR count). The van der Waals surface area contributed by atoms with Crippen LogP contribution in [0, 0.1) is 0 Å². The molecule has 0 unspecified atom stereocenters. The van der Waals surface area contributed by atoms with E-state index in [9.17, 15) is 14.4 Å². The third-order valence-corrected chi connectivity index (χ3v) is 6.71. The van der Waals surface area contributed by atoms with Gasteiger partial charge in [0.2, 0.25) is 11.8 Å². The summed E-state index contributed by atoms with van der Waals surface area (Å²) < 4.78 is 0. The van der Waals surface area contributed by atoms with Gasteiger partial charge in [0.25, 0.3) is 5.91 Å². The predicted octanol–water partition coefficient (Wildman–Crippen LogP) is 3.35. The first-order chi connectivity index (χ1) is 14.5. The van der Waals surface area contributed by atoms with Crippen LogP contribution in [0.4, 0.5) is 11.4 Å². The number of para-hydroxylation sites is 2. The number of hydrogen-bond acceptors (Lipinski definition) is 3. The van der Waals surface area contributed by atoms with Crippen LogP contribution in [0.3, 0.4) is 0 Å². The van der Waals surface area contributed by atoms with Gasteiger partial charge in [-0.3, -0.25) is 19.3 Å². The second-order valence-corrected chi connectivity index (χ2v) is 8.45. The average Bonchev–Trinajstić information content (AvgIpc) is 3.32. The van der Waals surface area contributed by atoms with Crippen LogP contribution < -0.4 is 9.80 Å². The highest BCUT2D eigenvalue weighted by atomic mass is 16.2.